The van der Waals surface area contributed by atoms with Crippen LogP contribution in [0.2, 0.25) is 5.02 Å². The number of rotatable bonds is 7. The van der Waals surface area contributed by atoms with Gasteiger partial charge in [0.1, 0.15) is 23.9 Å². The second-order valence-electron chi connectivity index (χ2n) is 5.19. The predicted octanol–water partition coefficient (Wildman–Crippen LogP) is 4.63. The van der Waals surface area contributed by atoms with Crippen molar-refractivity contribution < 1.29 is 9.15 Å². The highest BCUT2D eigenvalue weighted by Crippen LogP contribution is 2.27. The van der Waals surface area contributed by atoms with Crippen LogP contribution in [0.5, 0.6) is 5.75 Å². The van der Waals surface area contributed by atoms with Gasteiger partial charge >= 0.3 is 0 Å². The monoisotopic (exact) mass is 307 g/mol. The topological polar surface area (TPSA) is 34.4 Å². The molecule has 0 bridgehead atoms. The maximum atomic E-state index is 6.13. The van der Waals surface area contributed by atoms with Gasteiger partial charge in [-0.2, -0.15) is 0 Å². The van der Waals surface area contributed by atoms with Crippen molar-refractivity contribution in [3.05, 3.63) is 51.9 Å². The average Bonchev–Trinajstić information content (AvgIpc) is 2.80. The predicted molar refractivity (Wildman–Crippen MR) is 86.0 cm³/mol. The van der Waals surface area contributed by atoms with Gasteiger partial charge in [-0.15, -0.1) is 0 Å². The van der Waals surface area contributed by atoms with E-state index in [1.807, 2.05) is 38.1 Å². The Hall–Kier alpha value is -1.45. The Balaban J connectivity index is 1.98. The number of nitrogens with one attached hydrogen (secondary N) is 1. The summed E-state index contributed by atoms with van der Waals surface area (Å²) in [6.45, 7) is 8.32. The van der Waals surface area contributed by atoms with Crippen LogP contribution in [-0.2, 0) is 13.2 Å². The normalized spacial score (nSPS) is 10.9. The number of ether oxygens (including phenoxy) is 1. The third-order valence-electron chi connectivity index (χ3n) is 3.27. The van der Waals surface area contributed by atoms with Crippen LogP contribution in [-0.4, -0.2) is 6.54 Å². The van der Waals surface area contributed by atoms with Gasteiger partial charge in [-0.3, -0.25) is 0 Å². The highest BCUT2D eigenvalue weighted by atomic mass is 35.5. The molecule has 3 nitrogen and oxygen atoms in total. The zero-order valence-electron chi connectivity index (χ0n) is 12.8. The maximum Gasteiger partial charge on any atom is 0.138 e. The summed E-state index contributed by atoms with van der Waals surface area (Å²) in [6, 6.07) is 7.81. The molecule has 0 radical (unpaired) electrons. The molecular weight excluding hydrogens is 286 g/mol. The summed E-state index contributed by atoms with van der Waals surface area (Å²) in [7, 11) is 0. The lowest BCUT2D eigenvalue weighted by molar-refractivity contribution is 0.303. The summed E-state index contributed by atoms with van der Waals surface area (Å²) in [5.41, 5.74) is 2.18. The Kier molecular flexibility index (Phi) is 5.71. The van der Waals surface area contributed by atoms with E-state index in [4.69, 9.17) is 20.8 Å². The third-order valence-corrected chi connectivity index (χ3v) is 3.58. The second kappa shape index (κ2) is 7.53. The van der Waals surface area contributed by atoms with E-state index in [-0.39, 0.29) is 0 Å². The molecule has 0 unspecified atom stereocenters. The van der Waals surface area contributed by atoms with Crippen LogP contribution in [0.25, 0.3) is 0 Å². The fraction of sp³-hybridized carbons (Fsp3) is 0.412. The fourth-order valence-electron chi connectivity index (χ4n) is 2.08. The van der Waals surface area contributed by atoms with Gasteiger partial charge in [-0.05, 0) is 50.6 Å². The summed E-state index contributed by atoms with van der Waals surface area (Å²) in [6.07, 6.45) is 1.11. The van der Waals surface area contributed by atoms with Crippen molar-refractivity contribution in [2.75, 3.05) is 6.54 Å². The molecule has 2 rings (SSSR count). The molecule has 0 saturated carbocycles. The van der Waals surface area contributed by atoms with Crippen molar-refractivity contribution in [2.45, 2.75) is 40.3 Å². The smallest absolute Gasteiger partial charge is 0.138 e. The van der Waals surface area contributed by atoms with Crippen molar-refractivity contribution >= 4 is 11.6 Å². The van der Waals surface area contributed by atoms with Crippen molar-refractivity contribution in [1.82, 2.24) is 5.32 Å². The Bertz CT molecular complexity index is 592. The molecule has 0 fully saturated rings. The Morgan fingerprint density at radius 2 is 2.05 bits per heavy atom. The first-order valence-electron chi connectivity index (χ1n) is 7.28. The molecule has 1 heterocycles. The molecule has 1 aromatic carbocycles. The molecule has 0 aliphatic rings. The number of furan rings is 1. The molecule has 1 N–H and O–H groups in total. The Morgan fingerprint density at radius 3 is 2.81 bits per heavy atom. The van der Waals surface area contributed by atoms with Crippen LogP contribution in [0.3, 0.4) is 0 Å². The van der Waals surface area contributed by atoms with E-state index in [2.05, 4.69) is 12.2 Å². The third kappa shape index (κ3) is 4.51. The molecule has 0 amide bonds. The first-order valence-corrected chi connectivity index (χ1v) is 7.65. The summed E-state index contributed by atoms with van der Waals surface area (Å²) in [5, 5.41) is 3.96. The SMILES string of the molecule is CCCNCc1cc(COc2cc(C)ccc2Cl)c(C)o1. The minimum atomic E-state index is 0.465. The van der Waals surface area contributed by atoms with Gasteiger partial charge in [0.2, 0.25) is 0 Å². The largest absolute Gasteiger partial charge is 0.487 e. The van der Waals surface area contributed by atoms with E-state index in [0.717, 1.165) is 42.2 Å². The molecule has 1 aromatic heterocycles. The van der Waals surface area contributed by atoms with E-state index < -0.39 is 0 Å². The average molecular weight is 308 g/mol. The van der Waals surface area contributed by atoms with E-state index in [1.54, 1.807) is 0 Å². The number of benzene rings is 1. The molecule has 114 valence electrons. The van der Waals surface area contributed by atoms with E-state index in [9.17, 15) is 0 Å². The number of hydrogen-bond donors (Lipinski definition) is 1. The molecular formula is C17H22ClNO2. The molecule has 4 heteroatoms. The molecule has 0 saturated heterocycles. The summed E-state index contributed by atoms with van der Waals surface area (Å²) < 4.78 is 11.5. The van der Waals surface area contributed by atoms with Crippen LogP contribution < -0.4 is 10.1 Å². The van der Waals surface area contributed by atoms with E-state index in [0.29, 0.717) is 17.4 Å². The quantitative estimate of drug-likeness (QED) is 0.757. The van der Waals surface area contributed by atoms with Gasteiger partial charge in [0, 0.05) is 5.56 Å². The molecule has 0 atom stereocenters. The molecule has 21 heavy (non-hydrogen) atoms. The van der Waals surface area contributed by atoms with Crippen LogP contribution in [0, 0.1) is 13.8 Å². The second-order valence-corrected chi connectivity index (χ2v) is 5.60. The fourth-order valence-corrected chi connectivity index (χ4v) is 2.26. The van der Waals surface area contributed by atoms with Gasteiger partial charge in [-0.1, -0.05) is 24.6 Å². The van der Waals surface area contributed by atoms with Crippen LogP contribution in [0.15, 0.2) is 28.7 Å². The first-order chi connectivity index (χ1) is 10.1. The Morgan fingerprint density at radius 1 is 1.24 bits per heavy atom. The number of halogens is 1. The minimum absolute atomic E-state index is 0.465. The maximum absolute atomic E-state index is 6.13. The van der Waals surface area contributed by atoms with Gasteiger partial charge in [0.15, 0.2) is 0 Å². The van der Waals surface area contributed by atoms with Gasteiger partial charge < -0.3 is 14.5 Å². The molecule has 0 aliphatic carbocycles. The van der Waals surface area contributed by atoms with Crippen molar-refractivity contribution in [3.8, 4) is 5.75 Å². The summed E-state index contributed by atoms with van der Waals surface area (Å²) >= 11 is 6.13. The minimum Gasteiger partial charge on any atom is -0.487 e. The van der Waals surface area contributed by atoms with Crippen molar-refractivity contribution in [3.63, 3.8) is 0 Å². The lowest BCUT2D eigenvalue weighted by Crippen LogP contribution is -2.13. The zero-order valence-corrected chi connectivity index (χ0v) is 13.6. The van der Waals surface area contributed by atoms with Crippen molar-refractivity contribution in [1.29, 1.82) is 0 Å². The van der Waals surface area contributed by atoms with Gasteiger partial charge in [0.25, 0.3) is 0 Å². The highest BCUT2D eigenvalue weighted by molar-refractivity contribution is 6.32. The van der Waals surface area contributed by atoms with Gasteiger partial charge in [-0.25, -0.2) is 0 Å². The summed E-state index contributed by atoms with van der Waals surface area (Å²) in [5.74, 6) is 2.55. The van der Waals surface area contributed by atoms with Crippen LogP contribution in [0.1, 0.15) is 36.0 Å². The van der Waals surface area contributed by atoms with E-state index in [1.165, 1.54) is 0 Å². The number of hydrogen-bond acceptors (Lipinski definition) is 3. The van der Waals surface area contributed by atoms with Gasteiger partial charge in [0.05, 0.1) is 11.6 Å². The molecule has 2 aromatic rings. The lowest BCUT2D eigenvalue weighted by Gasteiger charge is -2.08. The molecule has 0 aliphatic heterocycles. The lowest BCUT2D eigenvalue weighted by atomic mass is 10.2. The van der Waals surface area contributed by atoms with E-state index >= 15 is 0 Å². The number of aryl methyl sites for hydroxylation is 2. The Labute approximate surface area is 131 Å². The zero-order chi connectivity index (χ0) is 15.2. The van der Waals surface area contributed by atoms with Crippen LogP contribution in [0.4, 0.5) is 0 Å². The highest BCUT2D eigenvalue weighted by Gasteiger charge is 2.09. The molecule has 0 spiro atoms. The van der Waals surface area contributed by atoms with Crippen molar-refractivity contribution in [2.24, 2.45) is 0 Å². The standard InChI is InChI=1S/C17H22ClNO2/c1-4-7-19-10-15-9-14(13(3)21-15)11-20-17-8-12(2)5-6-16(17)18/h5-6,8-9,19H,4,7,10-11H2,1-3H3. The first kappa shape index (κ1) is 15.9. The summed E-state index contributed by atoms with van der Waals surface area (Å²) in [4.78, 5) is 0. The van der Waals surface area contributed by atoms with Crippen LogP contribution >= 0.6 is 11.6 Å².